The van der Waals surface area contributed by atoms with Crippen LogP contribution in [0, 0.1) is 5.92 Å². The average molecular weight is 459 g/mol. The van der Waals surface area contributed by atoms with E-state index in [-0.39, 0.29) is 37.7 Å². The average Bonchev–Trinajstić information content (AvgIpc) is 2.69. The van der Waals surface area contributed by atoms with Crippen LogP contribution in [0.4, 0.5) is 0 Å². The number of amides is 4. The molecule has 0 radical (unpaired) electrons. The number of hydrogen-bond acceptors (Lipinski definition) is 7. The van der Waals surface area contributed by atoms with Gasteiger partial charge in [0.1, 0.15) is 18.6 Å². The Kier molecular flexibility index (Phi) is 13.0. The van der Waals surface area contributed by atoms with Crippen molar-refractivity contribution in [2.45, 2.75) is 57.7 Å². The zero-order valence-electron chi connectivity index (χ0n) is 18.3. The first-order valence-corrected chi connectivity index (χ1v) is 10.0. The Bertz CT molecular complexity index is 708. The molecule has 182 valence electrons. The zero-order chi connectivity index (χ0) is 24.8. The Morgan fingerprint density at radius 1 is 0.906 bits per heavy atom. The van der Waals surface area contributed by atoms with Gasteiger partial charge in [-0.15, -0.1) is 0 Å². The number of nitrogens with zero attached hydrogens (tertiary/aromatic N) is 1. The van der Waals surface area contributed by atoms with Crippen molar-refractivity contribution in [3.8, 4) is 0 Å². The number of guanidine groups is 1. The van der Waals surface area contributed by atoms with Crippen LogP contribution in [0.15, 0.2) is 4.99 Å². The molecular formula is C18H34N8O6. The number of aliphatic imine (C=N–C) groups is 1. The molecule has 0 aromatic rings. The van der Waals surface area contributed by atoms with Crippen LogP contribution in [0.1, 0.15) is 39.5 Å². The molecule has 0 aliphatic heterocycles. The fraction of sp³-hybridized carbons (Fsp3) is 0.667. The summed E-state index contributed by atoms with van der Waals surface area (Å²) in [6, 6.07) is -3.22. The van der Waals surface area contributed by atoms with Crippen LogP contribution in [0.3, 0.4) is 0 Å². The molecule has 0 heterocycles. The van der Waals surface area contributed by atoms with Gasteiger partial charge in [-0.1, -0.05) is 13.8 Å². The molecule has 0 bridgehead atoms. The number of hydrogen-bond donors (Lipinski definition) is 8. The highest BCUT2D eigenvalue weighted by atomic mass is 16.4. The predicted molar refractivity (Wildman–Crippen MR) is 116 cm³/mol. The molecule has 0 fully saturated rings. The highest BCUT2D eigenvalue weighted by molar-refractivity contribution is 5.94. The van der Waals surface area contributed by atoms with Crippen LogP contribution < -0.4 is 38.9 Å². The lowest BCUT2D eigenvalue weighted by atomic mass is 10.0. The number of carboxylic acid groups (broad SMARTS) is 1. The molecular weight excluding hydrogens is 424 g/mol. The molecule has 0 saturated heterocycles. The standard InChI is InChI=1S/C18H34N8O6/c1-9(2)14(20)17(32)26-11(5-6-12(19)27)16(31)25-10(4-3-7-23-18(21)22)15(30)24-8-13(28)29/h9-11,14H,3-8,20H2,1-2H3,(H2,19,27)(H,24,30)(H,25,31)(H,26,32)(H,28,29)(H4,21,22,23). The molecule has 14 heteroatoms. The normalized spacial score (nSPS) is 13.4. The van der Waals surface area contributed by atoms with E-state index in [2.05, 4.69) is 20.9 Å². The third-order valence-corrected chi connectivity index (χ3v) is 4.33. The predicted octanol–water partition coefficient (Wildman–Crippen LogP) is -3.54. The van der Waals surface area contributed by atoms with Crippen molar-refractivity contribution >= 4 is 35.6 Å². The maximum absolute atomic E-state index is 12.8. The highest BCUT2D eigenvalue weighted by Crippen LogP contribution is 2.05. The monoisotopic (exact) mass is 458 g/mol. The molecule has 0 aromatic carbocycles. The molecule has 3 atom stereocenters. The number of aliphatic carboxylic acids is 1. The Labute approximate surface area is 185 Å². The van der Waals surface area contributed by atoms with E-state index in [9.17, 15) is 24.0 Å². The van der Waals surface area contributed by atoms with Gasteiger partial charge in [0.15, 0.2) is 5.96 Å². The summed E-state index contributed by atoms with van der Waals surface area (Å²) in [7, 11) is 0. The second kappa shape index (κ2) is 14.6. The quantitative estimate of drug-likeness (QED) is 0.0685. The second-order valence-corrected chi connectivity index (χ2v) is 7.46. The van der Waals surface area contributed by atoms with Gasteiger partial charge in [-0.2, -0.15) is 0 Å². The van der Waals surface area contributed by atoms with Crippen LogP contribution in [-0.2, 0) is 24.0 Å². The number of carboxylic acids is 1. The number of nitrogens with one attached hydrogen (secondary N) is 3. The minimum absolute atomic E-state index is 0.0793. The summed E-state index contributed by atoms with van der Waals surface area (Å²) in [5, 5.41) is 15.9. The van der Waals surface area contributed by atoms with E-state index >= 15 is 0 Å². The van der Waals surface area contributed by atoms with Gasteiger partial charge in [-0.3, -0.25) is 29.0 Å². The molecule has 14 nitrogen and oxygen atoms in total. The van der Waals surface area contributed by atoms with Gasteiger partial charge in [0, 0.05) is 13.0 Å². The van der Waals surface area contributed by atoms with Gasteiger partial charge in [-0.05, 0) is 25.2 Å². The van der Waals surface area contributed by atoms with Gasteiger partial charge in [0.05, 0.1) is 6.04 Å². The molecule has 0 aromatic heterocycles. The Morgan fingerprint density at radius 3 is 1.97 bits per heavy atom. The maximum Gasteiger partial charge on any atom is 0.322 e. The number of rotatable bonds is 15. The van der Waals surface area contributed by atoms with E-state index in [1.54, 1.807) is 13.8 Å². The minimum atomic E-state index is -1.27. The van der Waals surface area contributed by atoms with Crippen molar-refractivity contribution in [3.63, 3.8) is 0 Å². The largest absolute Gasteiger partial charge is 0.480 e. The molecule has 32 heavy (non-hydrogen) atoms. The van der Waals surface area contributed by atoms with Gasteiger partial charge in [-0.25, -0.2) is 0 Å². The number of carbonyl (C=O) groups excluding carboxylic acids is 4. The minimum Gasteiger partial charge on any atom is -0.480 e. The molecule has 0 aliphatic carbocycles. The number of primary amides is 1. The first-order chi connectivity index (χ1) is 14.8. The second-order valence-electron chi connectivity index (χ2n) is 7.46. The molecule has 12 N–H and O–H groups in total. The van der Waals surface area contributed by atoms with E-state index in [0.29, 0.717) is 6.42 Å². The van der Waals surface area contributed by atoms with Crippen LogP contribution in [0.25, 0.3) is 0 Å². The summed E-state index contributed by atoms with van der Waals surface area (Å²) in [5.74, 6) is -4.41. The smallest absolute Gasteiger partial charge is 0.322 e. The van der Waals surface area contributed by atoms with E-state index in [1.807, 2.05) is 0 Å². The van der Waals surface area contributed by atoms with Gasteiger partial charge >= 0.3 is 5.97 Å². The van der Waals surface area contributed by atoms with Crippen molar-refractivity contribution < 1.29 is 29.1 Å². The van der Waals surface area contributed by atoms with Crippen LogP contribution in [-0.4, -0.2) is 71.9 Å². The van der Waals surface area contributed by atoms with Gasteiger partial charge in [0.25, 0.3) is 0 Å². The van der Waals surface area contributed by atoms with E-state index in [0.717, 1.165) is 0 Å². The fourth-order valence-electron chi connectivity index (χ4n) is 2.46. The van der Waals surface area contributed by atoms with Crippen molar-refractivity contribution in [2.75, 3.05) is 13.1 Å². The van der Waals surface area contributed by atoms with Crippen molar-refractivity contribution in [3.05, 3.63) is 0 Å². The van der Waals surface area contributed by atoms with E-state index < -0.39 is 54.3 Å². The third kappa shape index (κ3) is 12.3. The van der Waals surface area contributed by atoms with Crippen LogP contribution in [0.5, 0.6) is 0 Å². The van der Waals surface area contributed by atoms with Crippen molar-refractivity contribution in [2.24, 2.45) is 33.8 Å². The fourth-order valence-corrected chi connectivity index (χ4v) is 2.46. The van der Waals surface area contributed by atoms with E-state index in [4.69, 9.17) is 28.0 Å². The molecule has 3 unspecified atom stereocenters. The Morgan fingerprint density at radius 2 is 1.47 bits per heavy atom. The molecule has 0 saturated carbocycles. The van der Waals surface area contributed by atoms with E-state index in [1.165, 1.54) is 0 Å². The topological polar surface area (TPSA) is 258 Å². The highest BCUT2D eigenvalue weighted by Gasteiger charge is 2.29. The Hall–Kier alpha value is -3.42. The lowest BCUT2D eigenvalue weighted by Gasteiger charge is -2.24. The number of nitrogens with two attached hydrogens (primary N) is 4. The molecule has 0 aliphatic rings. The first kappa shape index (κ1) is 28.6. The first-order valence-electron chi connectivity index (χ1n) is 10.0. The zero-order valence-corrected chi connectivity index (χ0v) is 18.3. The maximum atomic E-state index is 12.8. The SMILES string of the molecule is CC(C)C(N)C(=O)NC(CCC(N)=O)C(=O)NC(CCCN=C(N)N)C(=O)NCC(=O)O. The summed E-state index contributed by atoms with van der Waals surface area (Å²) in [4.78, 5) is 63.1. The lowest BCUT2D eigenvalue weighted by molar-refractivity contribution is -0.138. The molecule has 0 spiro atoms. The summed E-state index contributed by atoms with van der Waals surface area (Å²) < 4.78 is 0. The van der Waals surface area contributed by atoms with Crippen molar-refractivity contribution in [1.29, 1.82) is 0 Å². The summed E-state index contributed by atoms with van der Waals surface area (Å²) in [6.07, 6.45) is 0.0562. The number of carbonyl (C=O) groups is 5. The molecule has 0 rings (SSSR count). The summed E-state index contributed by atoms with van der Waals surface area (Å²) in [5.41, 5.74) is 21.4. The summed E-state index contributed by atoms with van der Waals surface area (Å²) in [6.45, 7) is 2.97. The van der Waals surface area contributed by atoms with Crippen LogP contribution >= 0.6 is 0 Å². The van der Waals surface area contributed by atoms with Gasteiger partial charge < -0.3 is 44.0 Å². The third-order valence-electron chi connectivity index (χ3n) is 4.33. The molecule has 4 amide bonds. The lowest BCUT2D eigenvalue weighted by Crippen LogP contribution is -2.56. The summed E-state index contributed by atoms with van der Waals surface area (Å²) >= 11 is 0. The van der Waals surface area contributed by atoms with Gasteiger partial charge in [0.2, 0.25) is 23.6 Å². The Balaban J connectivity index is 5.38. The van der Waals surface area contributed by atoms with Crippen molar-refractivity contribution in [1.82, 2.24) is 16.0 Å². The van der Waals surface area contributed by atoms with Crippen LogP contribution in [0.2, 0.25) is 0 Å².